The van der Waals surface area contributed by atoms with Crippen LogP contribution in [0.2, 0.25) is 0 Å². The van der Waals surface area contributed by atoms with Crippen LogP contribution in [0.4, 0.5) is 0 Å². The van der Waals surface area contributed by atoms with Crippen molar-refractivity contribution in [3.8, 4) is 5.75 Å². The summed E-state index contributed by atoms with van der Waals surface area (Å²) >= 11 is 0. The number of benzene rings is 1. The van der Waals surface area contributed by atoms with Gasteiger partial charge in [0.15, 0.2) is 0 Å². The highest BCUT2D eigenvalue weighted by Crippen LogP contribution is 2.36. The molecule has 2 atom stereocenters. The predicted molar refractivity (Wildman–Crippen MR) is 92.2 cm³/mol. The molecule has 1 heterocycles. The van der Waals surface area contributed by atoms with E-state index in [2.05, 4.69) is 0 Å². The molecule has 1 aliphatic heterocycles. The van der Waals surface area contributed by atoms with E-state index in [1.54, 1.807) is 17.0 Å². The van der Waals surface area contributed by atoms with Crippen molar-refractivity contribution in [2.45, 2.75) is 17.7 Å². The molecule has 0 bridgehead atoms. The second kappa shape index (κ2) is 7.24. The molecule has 2 aliphatic rings. The van der Waals surface area contributed by atoms with Crippen molar-refractivity contribution in [2.75, 3.05) is 33.3 Å². The molecule has 8 nitrogen and oxygen atoms in total. The first kappa shape index (κ1) is 18.7. The Hall–Kier alpha value is -2.13. The number of amides is 1. The van der Waals surface area contributed by atoms with Crippen LogP contribution in [0.1, 0.15) is 12.8 Å². The van der Waals surface area contributed by atoms with E-state index >= 15 is 0 Å². The van der Waals surface area contributed by atoms with Gasteiger partial charge in [0.2, 0.25) is 15.9 Å². The van der Waals surface area contributed by atoms with E-state index in [1.165, 1.54) is 23.5 Å². The van der Waals surface area contributed by atoms with Gasteiger partial charge in [-0.2, -0.15) is 4.31 Å². The van der Waals surface area contributed by atoms with E-state index in [4.69, 9.17) is 9.84 Å². The van der Waals surface area contributed by atoms with E-state index in [1.807, 2.05) is 0 Å². The van der Waals surface area contributed by atoms with Crippen LogP contribution in [0.5, 0.6) is 5.75 Å². The fourth-order valence-corrected chi connectivity index (χ4v) is 4.79. The standard InChI is InChI=1S/C17H22N2O6S/c1-25-12-2-4-13(5-3-12)26(23,24)19-10-8-18(9-11-19)16(20)14-6-7-15(14)17(21)22/h2-5,14-15H,6-11H2,1H3,(H,21,22). The third kappa shape index (κ3) is 3.41. The van der Waals surface area contributed by atoms with Gasteiger partial charge in [-0.1, -0.05) is 0 Å². The molecule has 0 spiro atoms. The molecular weight excluding hydrogens is 360 g/mol. The SMILES string of the molecule is COc1ccc(S(=O)(=O)N2CCN(C(=O)C3CCC3C(=O)O)CC2)cc1. The highest BCUT2D eigenvalue weighted by atomic mass is 32.2. The Balaban J connectivity index is 1.62. The molecule has 0 aromatic heterocycles. The number of aliphatic carboxylic acids is 1. The van der Waals surface area contributed by atoms with E-state index in [9.17, 15) is 18.0 Å². The number of piperazine rings is 1. The van der Waals surface area contributed by atoms with E-state index in [-0.39, 0.29) is 37.0 Å². The summed E-state index contributed by atoms with van der Waals surface area (Å²) in [7, 11) is -2.12. The highest BCUT2D eigenvalue weighted by Gasteiger charge is 2.44. The third-order valence-corrected chi connectivity index (χ3v) is 7.07. The van der Waals surface area contributed by atoms with Crippen molar-refractivity contribution in [3.05, 3.63) is 24.3 Å². The number of methoxy groups -OCH3 is 1. The Morgan fingerprint density at radius 1 is 1.04 bits per heavy atom. The summed E-state index contributed by atoms with van der Waals surface area (Å²) in [5, 5.41) is 9.10. The molecule has 2 fully saturated rings. The minimum Gasteiger partial charge on any atom is -0.497 e. The Morgan fingerprint density at radius 3 is 2.08 bits per heavy atom. The predicted octanol–water partition coefficient (Wildman–Crippen LogP) is 0.639. The lowest BCUT2D eigenvalue weighted by atomic mass is 9.73. The lowest BCUT2D eigenvalue weighted by Gasteiger charge is -2.40. The molecule has 142 valence electrons. The quantitative estimate of drug-likeness (QED) is 0.801. The Labute approximate surface area is 152 Å². The highest BCUT2D eigenvalue weighted by molar-refractivity contribution is 7.89. The van der Waals surface area contributed by atoms with Gasteiger partial charge in [-0.25, -0.2) is 8.42 Å². The molecule has 1 aromatic rings. The van der Waals surface area contributed by atoms with Crippen molar-refractivity contribution in [2.24, 2.45) is 11.8 Å². The lowest BCUT2D eigenvalue weighted by Crippen LogP contribution is -2.54. The summed E-state index contributed by atoms with van der Waals surface area (Å²) in [6.45, 7) is 0.948. The molecule has 1 saturated carbocycles. The minimum atomic E-state index is -3.63. The zero-order valence-electron chi connectivity index (χ0n) is 14.5. The van der Waals surface area contributed by atoms with Gasteiger partial charge in [-0.05, 0) is 37.1 Å². The number of rotatable bonds is 5. The van der Waals surface area contributed by atoms with Crippen LogP contribution < -0.4 is 4.74 Å². The summed E-state index contributed by atoms with van der Waals surface area (Å²) in [4.78, 5) is 25.3. The van der Waals surface area contributed by atoms with Crippen LogP contribution in [0.15, 0.2) is 29.2 Å². The number of sulfonamides is 1. The number of ether oxygens (including phenoxy) is 1. The number of carboxylic acid groups (broad SMARTS) is 1. The maximum Gasteiger partial charge on any atom is 0.307 e. The zero-order valence-corrected chi connectivity index (χ0v) is 15.3. The Bertz CT molecular complexity index is 784. The fraction of sp³-hybridized carbons (Fsp3) is 0.529. The van der Waals surface area contributed by atoms with Gasteiger partial charge in [0, 0.05) is 26.2 Å². The number of carboxylic acids is 1. The Morgan fingerprint density at radius 2 is 1.62 bits per heavy atom. The summed E-state index contributed by atoms with van der Waals surface area (Å²) in [6, 6.07) is 6.18. The Kier molecular flexibility index (Phi) is 5.19. The number of hydrogen-bond acceptors (Lipinski definition) is 5. The van der Waals surface area contributed by atoms with Gasteiger partial charge in [0.1, 0.15) is 5.75 Å². The van der Waals surface area contributed by atoms with Crippen LogP contribution in [-0.2, 0) is 19.6 Å². The maximum atomic E-state index is 12.7. The average Bonchev–Trinajstić information content (AvgIpc) is 2.60. The second-order valence-corrected chi connectivity index (χ2v) is 8.47. The van der Waals surface area contributed by atoms with Crippen LogP contribution in [0, 0.1) is 11.8 Å². The molecule has 1 amide bonds. The van der Waals surface area contributed by atoms with Crippen molar-refractivity contribution < 1.29 is 27.9 Å². The first-order valence-electron chi connectivity index (χ1n) is 8.50. The molecule has 0 radical (unpaired) electrons. The van der Waals surface area contributed by atoms with Gasteiger partial charge >= 0.3 is 5.97 Å². The normalized spacial score (nSPS) is 24.0. The van der Waals surface area contributed by atoms with Crippen LogP contribution in [0.3, 0.4) is 0 Å². The summed E-state index contributed by atoms with van der Waals surface area (Å²) in [5.41, 5.74) is 0. The van der Waals surface area contributed by atoms with E-state index in [0.717, 1.165) is 0 Å². The average molecular weight is 382 g/mol. The zero-order chi connectivity index (χ0) is 18.9. The van der Waals surface area contributed by atoms with E-state index < -0.39 is 27.8 Å². The van der Waals surface area contributed by atoms with Crippen molar-refractivity contribution in [1.82, 2.24) is 9.21 Å². The number of hydrogen-bond donors (Lipinski definition) is 1. The second-order valence-electron chi connectivity index (χ2n) is 6.53. The molecule has 1 saturated heterocycles. The summed E-state index contributed by atoms with van der Waals surface area (Å²) in [5.74, 6) is -1.62. The minimum absolute atomic E-state index is 0.176. The lowest BCUT2D eigenvalue weighted by molar-refractivity contribution is -0.157. The van der Waals surface area contributed by atoms with Crippen LogP contribution in [-0.4, -0.2) is 67.9 Å². The van der Waals surface area contributed by atoms with Gasteiger partial charge in [0.05, 0.1) is 23.8 Å². The molecule has 2 unspecified atom stereocenters. The molecule has 3 rings (SSSR count). The molecule has 1 N–H and O–H groups in total. The first-order chi connectivity index (χ1) is 12.3. The third-order valence-electron chi connectivity index (χ3n) is 5.16. The monoisotopic (exact) mass is 382 g/mol. The van der Waals surface area contributed by atoms with Crippen molar-refractivity contribution in [1.29, 1.82) is 0 Å². The molecule has 9 heteroatoms. The first-order valence-corrected chi connectivity index (χ1v) is 9.94. The van der Waals surface area contributed by atoms with Crippen molar-refractivity contribution in [3.63, 3.8) is 0 Å². The van der Waals surface area contributed by atoms with Gasteiger partial charge in [-0.15, -0.1) is 0 Å². The largest absolute Gasteiger partial charge is 0.497 e. The van der Waals surface area contributed by atoms with Crippen LogP contribution >= 0.6 is 0 Å². The topological polar surface area (TPSA) is 104 Å². The summed E-state index contributed by atoms with van der Waals surface area (Å²) in [6.07, 6.45) is 1.11. The number of carbonyl (C=O) groups is 2. The maximum absolute atomic E-state index is 12.7. The van der Waals surface area contributed by atoms with Gasteiger partial charge in [-0.3, -0.25) is 9.59 Å². The molecular formula is C17H22N2O6S. The fourth-order valence-electron chi connectivity index (χ4n) is 3.37. The number of nitrogens with zero attached hydrogens (tertiary/aromatic N) is 2. The van der Waals surface area contributed by atoms with E-state index in [0.29, 0.717) is 18.6 Å². The number of carbonyl (C=O) groups excluding carboxylic acids is 1. The van der Waals surface area contributed by atoms with Gasteiger partial charge in [0.25, 0.3) is 0 Å². The smallest absolute Gasteiger partial charge is 0.307 e. The molecule has 1 aliphatic carbocycles. The van der Waals surface area contributed by atoms with Gasteiger partial charge < -0.3 is 14.7 Å². The summed E-state index contributed by atoms with van der Waals surface area (Å²) < 4.78 is 31.8. The molecule has 1 aromatic carbocycles. The molecule has 26 heavy (non-hydrogen) atoms. The van der Waals surface area contributed by atoms with Crippen molar-refractivity contribution >= 4 is 21.9 Å². The van der Waals surface area contributed by atoms with Crippen LogP contribution in [0.25, 0.3) is 0 Å².